The molecule has 0 amide bonds. The van der Waals surface area contributed by atoms with Crippen LogP contribution in [0.3, 0.4) is 0 Å². The summed E-state index contributed by atoms with van der Waals surface area (Å²) in [5.41, 5.74) is 1.33. The van der Waals surface area contributed by atoms with E-state index in [1.165, 1.54) is 24.8 Å². The third-order valence-corrected chi connectivity index (χ3v) is 5.92. The quantitative estimate of drug-likeness (QED) is 0.125. The lowest BCUT2D eigenvalue weighted by molar-refractivity contribution is 0.0143. The zero-order valence-electron chi connectivity index (χ0n) is 20.7. The molecule has 0 fully saturated rings. The first-order valence-corrected chi connectivity index (χ1v) is 12.7. The second-order valence-corrected chi connectivity index (χ2v) is 8.59. The molecule has 0 saturated carbocycles. The van der Waals surface area contributed by atoms with Gasteiger partial charge in [0.2, 0.25) is 0 Å². The van der Waals surface area contributed by atoms with Crippen LogP contribution in [0, 0.1) is 0 Å². The molecule has 180 valence electrons. The number of hydrogen-bond donors (Lipinski definition) is 0. The van der Waals surface area contributed by atoms with Crippen molar-refractivity contribution in [2.75, 3.05) is 26.8 Å². The van der Waals surface area contributed by atoms with E-state index in [1.807, 2.05) is 12.1 Å². The minimum atomic E-state index is 0.248. The Morgan fingerprint density at radius 2 is 1.12 bits per heavy atom. The van der Waals surface area contributed by atoms with Gasteiger partial charge in [-0.3, -0.25) is 0 Å². The molecule has 3 rings (SSSR count). The van der Waals surface area contributed by atoms with Crippen molar-refractivity contribution < 1.29 is 18.9 Å². The Balaban J connectivity index is 1.98. The molecular weight excluding hydrogens is 412 g/mol. The van der Waals surface area contributed by atoms with Crippen molar-refractivity contribution >= 4 is 21.5 Å². The van der Waals surface area contributed by atoms with E-state index in [2.05, 4.69) is 51.1 Å². The van der Waals surface area contributed by atoms with Crippen LogP contribution in [-0.2, 0) is 15.9 Å². The normalized spacial score (nSPS) is 11.4. The summed E-state index contributed by atoms with van der Waals surface area (Å²) in [5, 5.41) is 4.20. The van der Waals surface area contributed by atoms with Gasteiger partial charge in [0, 0.05) is 21.5 Å². The highest BCUT2D eigenvalue weighted by Crippen LogP contribution is 2.43. The van der Waals surface area contributed by atoms with Crippen LogP contribution >= 0.6 is 0 Å². The van der Waals surface area contributed by atoms with Gasteiger partial charge in [0.05, 0.1) is 13.2 Å². The highest BCUT2D eigenvalue weighted by Gasteiger charge is 2.17. The molecule has 0 aliphatic rings. The molecular formula is C29H40O4. The molecule has 4 nitrogen and oxygen atoms in total. The molecule has 3 aromatic rings. The second kappa shape index (κ2) is 14.1. The van der Waals surface area contributed by atoms with E-state index in [1.54, 1.807) is 0 Å². The smallest absolute Gasteiger partial charge is 0.189 e. The van der Waals surface area contributed by atoms with Gasteiger partial charge in [0.1, 0.15) is 11.5 Å². The number of benzene rings is 3. The summed E-state index contributed by atoms with van der Waals surface area (Å²) in [6, 6.07) is 14.9. The number of hydrogen-bond acceptors (Lipinski definition) is 4. The first-order valence-electron chi connectivity index (χ1n) is 12.7. The minimum Gasteiger partial charge on any atom is -0.466 e. The Morgan fingerprint density at radius 3 is 1.70 bits per heavy atom. The molecule has 3 aromatic carbocycles. The third kappa shape index (κ3) is 7.09. The SMILES string of the molecule is CCCCCc1ccc2c(OCOCCCC)c3ccccc3c(OCOCCCC)c2c1. The fraction of sp³-hybridized carbons (Fsp3) is 0.517. The molecule has 0 aromatic heterocycles. The molecule has 0 atom stereocenters. The summed E-state index contributed by atoms with van der Waals surface area (Å²) < 4.78 is 24.0. The average Bonchev–Trinajstić information content (AvgIpc) is 2.84. The van der Waals surface area contributed by atoms with Crippen molar-refractivity contribution in [3.8, 4) is 11.5 Å². The summed E-state index contributed by atoms with van der Waals surface area (Å²) in [4.78, 5) is 0. The topological polar surface area (TPSA) is 36.9 Å². The van der Waals surface area contributed by atoms with E-state index in [-0.39, 0.29) is 13.6 Å². The fourth-order valence-corrected chi connectivity index (χ4v) is 4.00. The fourth-order valence-electron chi connectivity index (χ4n) is 4.00. The zero-order chi connectivity index (χ0) is 23.3. The van der Waals surface area contributed by atoms with Gasteiger partial charge in [-0.1, -0.05) is 82.9 Å². The molecule has 0 saturated heterocycles. The molecule has 33 heavy (non-hydrogen) atoms. The van der Waals surface area contributed by atoms with Crippen LogP contribution in [-0.4, -0.2) is 26.8 Å². The lowest BCUT2D eigenvalue weighted by atomic mass is 9.97. The van der Waals surface area contributed by atoms with Crippen molar-refractivity contribution in [1.29, 1.82) is 0 Å². The summed E-state index contributed by atoms with van der Waals surface area (Å²) >= 11 is 0. The van der Waals surface area contributed by atoms with Crippen molar-refractivity contribution in [2.24, 2.45) is 0 Å². The Hall–Kier alpha value is -2.30. The van der Waals surface area contributed by atoms with E-state index < -0.39 is 0 Å². The van der Waals surface area contributed by atoms with Crippen LogP contribution in [0.25, 0.3) is 21.5 Å². The minimum absolute atomic E-state index is 0.248. The predicted octanol–water partition coefficient (Wildman–Crippen LogP) is 8.03. The molecule has 0 N–H and O–H groups in total. The van der Waals surface area contributed by atoms with Crippen LogP contribution in [0.15, 0.2) is 42.5 Å². The standard InChI is InChI=1S/C29H40O4/c1-4-7-10-13-23-16-17-26-27(20-23)29(33-22-31-19-9-6-3)25-15-12-11-14-24(25)28(26)32-21-30-18-8-5-2/h11-12,14-17,20H,4-10,13,18-19,21-22H2,1-3H3. The molecule has 0 spiro atoms. The van der Waals surface area contributed by atoms with Gasteiger partial charge >= 0.3 is 0 Å². The number of aryl methyl sites for hydroxylation is 1. The van der Waals surface area contributed by atoms with Crippen LogP contribution in [0.2, 0.25) is 0 Å². The maximum atomic E-state index is 6.26. The van der Waals surface area contributed by atoms with E-state index >= 15 is 0 Å². The highest BCUT2D eigenvalue weighted by atomic mass is 16.7. The average molecular weight is 453 g/mol. The van der Waals surface area contributed by atoms with Crippen LogP contribution < -0.4 is 9.47 Å². The lowest BCUT2D eigenvalue weighted by Crippen LogP contribution is -2.07. The summed E-state index contributed by atoms with van der Waals surface area (Å²) in [6.07, 6.45) is 9.03. The summed E-state index contributed by atoms with van der Waals surface area (Å²) in [6.45, 7) is 8.49. The number of fused-ring (bicyclic) bond motifs is 2. The molecule has 0 bridgehead atoms. The molecule has 0 heterocycles. The van der Waals surface area contributed by atoms with Crippen LogP contribution in [0.4, 0.5) is 0 Å². The molecule has 0 unspecified atom stereocenters. The predicted molar refractivity (Wildman–Crippen MR) is 137 cm³/mol. The largest absolute Gasteiger partial charge is 0.466 e. The van der Waals surface area contributed by atoms with Gasteiger partial charge < -0.3 is 18.9 Å². The van der Waals surface area contributed by atoms with Crippen molar-refractivity contribution in [3.05, 3.63) is 48.0 Å². The van der Waals surface area contributed by atoms with E-state index in [0.717, 1.165) is 65.1 Å². The van der Waals surface area contributed by atoms with E-state index in [0.29, 0.717) is 13.2 Å². The molecule has 4 heteroatoms. The van der Waals surface area contributed by atoms with Gasteiger partial charge in [-0.2, -0.15) is 0 Å². The van der Waals surface area contributed by atoms with Crippen molar-refractivity contribution in [3.63, 3.8) is 0 Å². The Labute approximate surface area is 199 Å². The monoisotopic (exact) mass is 452 g/mol. The number of ether oxygens (including phenoxy) is 4. The van der Waals surface area contributed by atoms with Crippen LogP contribution in [0.1, 0.15) is 71.3 Å². The highest BCUT2D eigenvalue weighted by molar-refractivity contribution is 6.11. The summed E-state index contributed by atoms with van der Waals surface area (Å²) in [7, 11) is 0. The Bertz CT molecular complexity index is 982. The van der Waals surface area contributed by atoms with Crippen molar-refractivity contribution in [1.82, 2.24) is 0 Å². The zero-order valence-corrected chi connectivity index (χ0v) is 20.7. The van der Waals surface area contributed by atoms with E-state index in [4.69, 9.17) is 18.9 Å². The van der Waals surface area contributed by atoms with Gasteiger partial charge in [-0.25, -0.2) is 0 Å². The molecule has 0 aliphatic carbocycles. The third-order valence-electron chi connectivity index (χ3n) is 5.92. The van der Waals surface area contributed by atoms with Gasteiger partial charge in [0.15, 0.2) is 13.6 Å². The first-order chi connectivity index (χ1) is 16.3. The van der Waals surface area contributed by atoms with Gasteiger partial charge in [-0.15, -0.1) is 0 Å². The van der Waals surface area contributed by atoms with Gasteiger partial charge in [-0.05, 0) is 37.3 Å². The number of unbranched alkanes of at least 4 members (excludes halogenated alkanes) is 4. The van der Waals surface area contributed by atoms with Crippen LogP contribution in [0.5, 0.6) is 11.5 Å². The second-order valence-electron chi connectivity index (χ2n) is 8.59. The Morgan fingerprint density at radius 1 is 0.576 bits per heavy atom. The molecule has 0 radical (unpaired) electrons. The van der Waals surface area contributed by atoms with Crippen molar-refractivity contribution in [2.45, 2.75) is 72.1 Å². The maximum Gasteiger partial charge on any atom is 0.189 e. The van der Waals surface area contributed by atoms with E-state index in [9.17, 15) is 0 Å². The Kier molecular flexibility index (Phi) is 10.8. The lowest BCUT2D eigenvalue weighted by Gasteiger charge is -2.18. The maximum absolute atomic E-state index is 6.26. The van der Waals surface area contributed by atoms with Gasteiger partial charge in [0.25, 0.3) is 0 Å². The summed E-state index contributed by atoms with van der Waals surface area (Å²) in [5.74, 6) is 1.73. The number of rotatable bonds is 16. The molecule has 0 aliphatic heterocycles. The first kappa shape index (κ1) is 25.3.